The molecule has 5 heteroatoms. The van der Waals surface area contributed by atoms with E-state index in [1.807, 2.05) is 6.20 Å². The van der Waals surface area contributed by atoms with Crippen molar-refractivity contribution in [3.8, 4) is 0 Å². The molecule has 0 aliphatic heterocycles. The summed E-state index contributed by atoms with van der Waals surface area (Å²) in [6.45, 7) is 2.32. The SMILES string of the molecule is OC1(CNCCn2ccnn2)CCCC1. The zero-order valence-electron chi connectivity index (χ0n) is 8.89. The minimum Gasteiger partial charge on any atom is -0.389 e. The molecule has 1 heterocycles. The van der Waals surface area contributed by atoms with E-state index in [2.05, 4.69) is 15.6 Å². The van der Waals surface area contributed by atoms with E-state index in [4.69, 9.17) is 0 Å². The molecule has 0 spiro atoms. The average Bonchev–Trinajstić information content (AvgIpc) is 2.84. The van der Waals surface area contributed by atoms with E-state index in [1.165, 1.54) is 0 Å². The predicted molar refractivity (Wildman–Crippen MR) is 56.3 cm³/mol. The molecule has 1 aliphatic rings. The summed E-state index contributed by atoms with van der Waals surface area (Å²) in [5, 5.41) is 20.9. The van der Waals surface area contributed by atoms with Gasteiger partial charge >= 0.3 is 0 Å². The summed E-state index contributed by atoms with van der Waals surface area (Å²) in [4.78, 5) is 0. The van der Waals surface area contributed by atoms with E-state index in [0.717, 1.165) is 38.8 Å². The molecule has 1 fully saturated rings. The van der Waals surface area contributed by atoms with Gasteiger partial charge in [-0.05, 0) is 12.8 Å². The Balaban J connectivity index is 1.62. The highest BCUT2D eigenvalue weighted by Gasteiger charge is 2.30. The Morgan fingerprint density at radius 1 is 1.40 bits per heavy atom. The third-order valence-electron chi connectivity index (χ3n) is 2.98. The molecule has 0 aromatic carbocycles. The monoisotopic (exact) mass is 210 g/mol. The molecule has 84 valence electrons. The first-order chi connectivity index (χ1) is 7.29. The van der Waals surface area contributed by atoms with Crippen molar-refractivity contribution in [2.75, 3.05) is 13.1 Å². The Kier molecular flexibility index (Phi) is 3.33. The van der Waals surface area contributed by atoms with Crippen molar-refractivity contribution < 1.29 is 5.11 Å². The molecule has 2 N–H and O–H groups in total. The van der Waals surface area contributed by atoms with Crippen LogP contribution in [0.2, 0.25) is 0 Å². The topological polar surface area (TPSA) is 63.0 Å². The molecule has 15 heavy (non-hydrogen) atoms. The number of aromatic nitrogens is 3. The molecule has 5 nitrogen and oxygen atoms in total. The number of hydrogen-bond acceptors (Lipinski definition) is 4. The van der Waals surface area contributed by atoms with Gasteiger partial charge in [-0.15, -0.1) is 5.10 Å². The fourth-order valence-corrected chi connectivity index (χ4v) is 2.08. The largest absolute Gasteiger partial charge is 0.389 e. The van der Waals surface area contributed by atoms with Gasteiger partial charge in [0.2, 0.25) is 0 Å². The lowest BCUT2D eigenvalue weighted by Crippen LogP contribution is -2.39. The molecule has 1 saturated carbocycles. The first-order valence-corrected chi connectivity index (χ1v) is 5.56. The second kappa shape index (κ2) is 4.72. The molecule has 1 aromatic heterocycles. The summed E-state index contributed by atoms with van der Waals surface area (Å²) in [6, 6.07) is 0. The molecule has 0 radical (unpaired) electrons. The third-order valence-corrected chi connectivity index (χ3v) is 2.98. The van der Waals surface area contributed by atoms with Crippen LogP contribution in [0.5, 0.6) is 0 Å². The summed E-state index contributed by atoms with van der Waals surface area (Å²) in [5.41, 5.74) is -0.456. The summed E-state index contributed by atoms with van der Waals surface area (Å²) >= 11 is 0. The average molecular weight is 210 g/mol. The number of hydrogen-bond donors (Lipinski definition) is 2. The second-order valence-electron chi connectivity index (χ2n) is 4.27. The molecule has 0 unspecified atom stereocenters. The number of nitrogens with zero attached hydrogens (tertiary/aromatic N) is 3. The lowest BCUT2D eigenvalue weighted by atomic mass is 10.0. The summed E-state index contributed by atoms with van der Waals surface area (Å²) in [7, 11) is 0. The predicted octanol–water partition coefficient (Wildman–Crippen LogP) is 0.173. The van der Waals surface area contributed by atoms with E-state index in [9.17, 15) is 5.11 Å². The molecule has 0 amide bonds. The van der Waals surface area contributed by atoms with Gasteiger partial charge in [-0.3, -0.25) is 4.68 Å². The van der Waals surface area contributed by atoms with Crippen LogP contribution in [-0.4, -0.2) is 38.8 Å². The van der Waals surface area contributed by atoms with Crippen molar-refractivity contribution in [2.45, 2.75) is 37.8 Å². The van der Waals surface area contributed by atoms with Crippen LogP contribution >= 0.6 is 0 Å². The van der Waals surface area contributed by atoms with Crippen LogP contribution in [-0.2, 0) is 6.54 Å². The van der Waals surface area contributed by atoms with Gasteiger partial charge in [0.25, 0.3) is 0 Å². The first kappa shape index (κ1) is 10.6. The molecular formula is C10H18N4O. The Hall–Kier alpha value is -0.940. The molecule has 1 aromatic rings. The highest BCUT2D eigenvalue weighted by molar-refractivity contribution is 4.86. The lowest BCUT2D eigenvalue weighted by Gasteiger charge is -2.22. The van der Waals surface area contributed by atoms with Crippen LogP contribution in [0.3, 0.4) is 0 Å². The maximum atomic E-state index is 10.1. The number of aliphatic hydroxyl groups is 1. The molecule has 2 rings (SSSR count). The van der Waals surface area contributed by atoms with Crippen molar-refractivity contribution in [2.24, 2.45) is 0 Å². The quantitative estimate of drug-likeness (QED) is 0.680. The van der Waals surface area contributed by atoms with Gasteiger partial charge in [-0.2, -0.15) is 0 Å². The summed E-state index contributed by atoms with van der Waals surface area (Å²) in [6.07, 6.45) is 7.69. The van der Waals surface area contributed by atoms with Crippen LogP contribution in [0.1, 0.15) is 25.7 Å². The fourth-order valence-electron chi connectivity index (χ4n) is 2.08. The van der Waals surface area contributed by atoms with E-state index < -0.39 is 5.60 Å². The normalized spacial score (nSPS) is 19.5. The van der Waals surface area contributed by atoms with Crippen LogP contribution in [0.4, 0.5) is 0 Å². The second-order valence-corrected chi connectivity index (χ2v) is 4.27. The smallest absolute Gasteiger partial charge is 0.0771 e. The van der Waals surface area contributed by atoms with Crippen LogP contribution in [0.25, 0.3) is 0 Å². The van der Waals surface area contributed by atoms with Crippen LogP contribution < -0.4 is 5.32 Å². The van der Waals surface area contributed by atoms with Crippen molar-refractivity contribution in [1.29, 1.82) is 0 Å². The summed E-state index contributed by atoms with van der Waals surface area (Å²) < 4.78 is 1.78. The fraction of sp³-hybridized carbons (Fsp3) is 0.800. The van der Waals surface area contributed by atoms with E-state index in [0.29, 0.717) is 6.54 Å². The maximum absolute atomic E-state index is 10.1. The molecule has 0 saturated heterocycles. The van der Waals surface area contributed by atoms with E-state index in [1.54, 1.807) is 10.9 Å². The Morgan fingerprint density at radius 3 is 2.87 bits per heavy atom. The van der Waals surface area contributed by atoms with Gasteiger partial charge in [-0.1, -0.05) is 18.1 Å². The van der Waals surface area contributed by atoms with Crippen molar-refractivity contribution >= 4 is 0 Å². The van der Waals surface area contributed by atoms with Crippen LogP contribution in [0.15, 0.2) is 12.4 Å². The molecule has 1 aliphatic carbocycles. The van der Waals surface area contributed by atoms with Gasteiger partial charge in [0.1, 0.15) is 0 Å². The minimum atomic E-state index is -0.456. The van der Waals surface area contributed by atoms with Gasteiger partial charge in [0, 0.05) is 19.3 Å². The van der Waals surface area contributed by atoms with Gasteiger partial charge in [0.15, 0.2) is 0 Å². The number of nitrogens with one attached hydrogen (secondary N) is 1. The van der Waals surface area contributed by atoms with Crippen molar-refractivity contribution in [3.05, 3.63) is 12.4 Å². The van der Waals surface area contributed by atoms with E-state index in [-0.39, 0.29) is 0 Å². The molecular weight excluding hydrogens is 192 g/mol. The Labute approximate surface area is 89.5 Å². The lowest BCUT2D eigenvalue weighted by molar-refractivity contribution is 0.0477. The first-order valence-electron chi connectivity index (χ1n) is 5.56. The summed E-state index contributed by atoms with van der Waals surface area (Å²) in [5.74, 6) is 0. The van der Waals surface area contributed by atoms with Gasteiger partial charge in [-0.25, -0.2) is 0 Å². The van der Waals surface area contributed by atoms with E-state index >= 15 is 0 Å². The highest BCUT2D eigenvalue weighted by Crippen LogP contribution is 2.28. The van der Waals surface area contributed by atoms with Crippen molar-refractivity contribution in [3.63, 3.8) is 0 Å². The standard InChI is InChI=1S/C10H18N4O/c15-10(3-1-2-4-10)9-11-5-7-14-8-6-12-13-14/h6,8,11,15H,1-5,7,9H2. The number of rotatable bonds is 5. The Morgan fingerprint density at radius 2 is 2.20 bits per heavy atom. The maximum Gasteiger partial charge on any atom is 0.0771 e. The van der Waals surface area contributed by atoms with Crippen molar-refractivity contribution in [1.82, 2.24) is 20.3 Å². The zero-order chi connectivity index (χ0) is 10.6. The Bertz CT molecular complexity index is 280. The third kappa shape index (κ3) is 3.00. The zero-order valence-corrected chi connectivity index (χ0v) is 8.89. The highest BCUT2D eigenvalue weighted by atomic mass is 16.3. The van der Waals surface area contributed by atoms with Gasteiger partial charge in [0.05, 0.1) is 18.3 Å². The molecule has 0 bridgehead atoms. The van der Waals surface area contributed by atoms with Crippen LogP contribution in [0, 0.1) is 0 Å². The van der Waals surface area contributed by atoms with Gasteiger partial charge < -0.3 is 10.4 Å². The minimum absolute atomic E-state index is 0.456. The molecule has 0 atom stereocenters.